The molecule has 238 valence electrons. The lowest BCUT2D eigenvalue weighted by molar-refractivity contribution is -0.146. The van der Waals surface area contributed by atoms with E-state index < -0.39 is 52.9 Å². The maximum absolute atomic E-state index is 15.0. The number of carbonyl (C=O) groups excluding carboxylic acids is 4. The molecule has 3 aromatic rings. The smallest absolute Gasteiger partial charge is 0.254 e. The molecule has 2 N–H and O–H groups in total. The third-order valence-electron chi connectivity index (χ3n) is 8.82. The zero-order chi connectivity index (χ0) is 33.3. The second kappa shape index (κ2) is 12.7. The van der Waals surface area contributed by atoms with Crippen molar-refractivity contribution < 1.29 is 28.0 Å². The highest BCUT2D eigenvalue weighted by atomic mass is 19.1. The average molecular weight is 628 g/mol. The van der Waals surface area contributed by atoms with E-state index in [0.29, 0.717) is 16.8 Å². The SMILES string of the molecule is CC(C)C[C@@H](C(=O)N1C[C@]2(C[C@H]1C#N)C(=O)Nc1ccccc12)N(C)C(=O)[C@H](C)NC(=O)c1ccc(-c2ccc(F)cc2)cc1F. The molecule has 1 spiro atoms. The minimum atomic E-state index is -1.12. The number of nitriles is 1. The monoisotopic (exact) mass is 627 g/mol. The molecule has 11 heteroatoms. The van der Waals surface area contributed by atoms with Crippen LogP contribution in [0, 0.1) is 28.9 Å². The molecule has 0 saturated carbocycles. The molecule has 4 atom stereocenters. The number of nitrogens with zero attached hydrogens (tertiary/aromatic N) is 3. The number of fused-ring (bicyclic) bond motifs is 2. The number of anilines is 1. The zero-order valence-corrected chi connectivity index (χ0v) is 26.0. The van der Waals surface area contributed by atoms with Gasteiger partial charge >= 0.3 is 0 Å². The van der Waals surface area contributed by atoms with E-state index in [2.05, 4.69) is 16.7 Å². The van der Waals surface area contributed by atoms with Gasteiger partial charge in [-0.1, -0.05) is 50.2 Å². The van der Waals surface area contributed by atoms with Gasteiger partial charge in [-0.3, -0.25) is 19.2 Å². The van der Waals surface area contributed by atoms with Crippen molar-refractivity contribution >= 4 is 29.3 Å². The Morgan fingerprint density at radius 2 is 1.74 bits per heavy atom. The van der Waals surface area contributed by atoms with Gasteiger partial charge in [0.1, 0.15) is 29.8 Å². The fraction of sp³-hybridized carbons (Fsp3) is 0.343. The van der Waals surface area contributed by atoms with Crippen molar-refractivity contribution in [2.24, 2.45) is 5.92 Å². The number of rotatable bonds is 8. The molecule has 0 radical (unpaired) electrons. The second-order valence-electron chi connectivity index (χ2n) is 12.4. The lowest BCUT2D eigenvalue weighted by atomic mass is 9.80. The van der Waals surface area contributed by atoms with Crippen molar-refractivity contribution in [2.45, 2.75) is 57.2 Å². The molecule has 4 amide bonds. The van der Waals surface area contributed by atoms with Gasteiger partial charge in [-0.15, -0.1) is 0 Å². The number of hydrogen-bond donors (Lipinski definition) is 2. The summed E-state index contributed by atoms with van der Waals surface area (Å²) in [6, 6.07) is 15.9. The molecule has 0 bridgehead atoms. The number of para-hydroxylation sites is 1. The van der Waals surface area contributed by atoms with Crippen molar-refractivity contribution in [1.29, 1.82) is 5.26 Å². The molecule has 1 fully saturated rings. The van der Waals surface area contributed by atoms with Crippen LogP contribution < -0.4 is 10.6 Å². The third-order valence-corrected chi connectivity index (χ3v) is 8.82. The summed E-state index contributed by atoms with van der Waals surface area (Å²) in [5.41, 5.74) is 1.04. The Kier molecular flexibility index (Phi) is 8.92. The van der Waals surface area contributed by atoms with Crippen molar-refractivity contribution in [3.05, 3.63) is 89.5 Å². The third kappa shape index (κ3) is 5.95. The van der Waals surface area contributed by atoms with E-state index in [1.165, 1.54) is 60.2 Å². The molecule has 0 unspecified atom stereocenters. The molecule has 2 aliphatic heterocycles. The van der Waals surface area contributed by atoms with Crippen LogP contribution in [0.25, 0.3) is 11.1 Å². The number of benzene rings is 3. The molecule has 2 heterocycles. The standard InChI is InChI=1S/C35H35F2N5O4/c1-20(2)15-30(33(45)42-19-35(17-25(42)18-38)27-7-5-6-8-29(27)40-34(35)46)41(4)32(44)21(3)39-31(43)26-14-11-23(16-28(26)37)22-9-12-24(36)13-10-22/h5-14,16,20-21,25,30H,15,17,19H2,1-4H3,(H,39,43)(H,40,46)/t21-,25-,30-,35-/m0/s1. The van der Waals surface area contributed by atoms with E-state index in [0.717, 1.165) is 11.6 Å². The first-order valence-corrected chi connectivity index (χ1v) is 15.1. The summed E-state index contributed by atoms with van der Waals surface area (Å²) in [6.45, 7) is 5.23. The van der Waals surface area contributed by atoms with Crippen molar-refractivity contribution in [3.63, 3.8) is 0 Å². The van der Waals surface area contributed by atoms with Crippen LogP contribution in [0.5, 0.6) is 0 Å². The van der Waals surface area contributed by atoms with Crippen LogP contribution in [-0.4, -0.2) is 65.1 Å². The maximum atomic E-state index is 15.0. The minimum absolute atomic E-state index is 0.0109. The van der Waals surface area contributed by atoms with Crippen molar-refractivity contribution in [2.75, 3.05) is 18.9 Å². The highest BCUT2D eigenvalue weighted by Crippen LogP contribution is 2.46. The second-order valence-corrected chi connectivity index (χ2v) is 12.4. The van der Waals surface area contributed by atoms with E-state index in [4.69, 9.17) is 0 Å². The number of likely N-dealkylation sites (N-methyl/N-ethyl adjacent to an activating group) is 1. The van der Waals surface area contributed by atoms with Gasteiger partial charge in [0.25, 0.3) is 5.91 Å². The van der Waals surface area contributed by atoms with Crippen LogP contribution in [0.1, 0.15) is 49.5 Å². The maximum Gasteiger partial charge on any atom is 0.254 e. The van der Waals surface area contributed by atoms with E-state index >= 15 is 4.39 Å². The van der Waals surface area contributed by atoms with Crippen LogP contribution in [0.15, 0.2) is 66.7 Å². The van der Waals surface area contributed by atoms with Crippen LogP contribution in [-0.2, 0) is 19.8 Å². The molecule has 0 aromatic heterocycles. The lowest BCUT2D eigenvalue weighted by Gasteiger charge is -2.34. The summed E-state index contributed by atoms with van der Waals surface area (Å²) < 4.78 is 28.3. The molecule has 5 rings (SSSR count). The summed E-state index contributed by atoms with van der Waals surface area (Å²) >= 11 is 0. The largest absolute Gasteiger partial charge is 0.340 e. The molecule has 2 aliphatic rings. The number of carbonyl (C=O) groups is 4. The number of likely N-dealkylation sites (tertiary alicyclic amines) is 1. The molecule has 46 heavy (non-hydrogen) atoms. The van der Waals surface area contributed by atoms with Crippen molar-refractivity contribution in [3.8, 4) is 17.2 Å². The Labute approximate surface area is 266 Å². The summed E-state index contributed by atoms with van der Waals surface area (Å²) in [5, 5.41) is 15.4. The van der Waals surface area contributed by atoms with Crippen LogP contribution in [0.3, 0.4) is 0 Å². The van der Waals surface area contributed by atoms with Gasteiger partial charge in [-0.25, -0.2) is 8.78 Å². The average Bonchev–Trinajstić information content (AvgIpc) is 3.56. The van der Waals surface area contributed by atoms with E-state index in [9.17, 15) is 28.8 Å². The molecule has 0 aliphatic carbocycles. The Morgan fingerprint density at radius 3 is 2.39 bits per heavy atom. The predicted molar refractivity (Wildman–Crippen MR) is 167 cm³/mol. The lowest BCUT2D eigenvalue weighted by Crippen LogP contribution is -2.55. The summed E-state index contributed by atoms with van der Waals surface area (Å²) in [7, 11) is 1.46. The van der Waals surface area contributed by atoms with Gasteiger partial charge < -0.3 is 20.4 Å². The highest BCUT2D eigenvalue weighted by molar-refractivity contribution is 6.07. The Morgan fingerprint density at radius 1 is 1.07 bits per heavy atom. The predicted octanol–water partition coefficient (Wildman–Crippen LogP) is 4.64. The highest BCUT2D eigenvalue weighted by Gasteiger charge is 2.56. The van der Waals surface area contributed by atoms with Crippen LogP contribution in [0.2, 0.25) is 0 Å². The Balaban J connectivity index is 1.32. The first-order chi connectivity index (χ1) is 21.9. The quantitative estimate of drug-likeness (QED) is 0.377. The van der Waals surface area contributed by atoms with Gasteiger partial charge in [0.15, 0.2) is 0 Å². The zero-order valence-electron chi connectivity index (χ0n) is 26.0. The minimum Gasteiger partial charge on any atom is -0.340 e. The van der Waals surface area contributed by atoms with Crippen LogP contribution in [0.4, 0.5) is 14.5 Å². The van der Waals surface area contributed by atoms with E-state index in [1.54, 1.807) is 12.1 Å². The summed E-state index contributed by atoms with van der Waals surface area (Å²) in [5.74, 6) is -3.40. The van der Waals surface area contributed by atoms with E-state index in [-0.39, 0.29) is 36.8 Å². The number of amides is 4. The van der Waals surface area contributed by atoms with Gasteiger partial charge in [-0.05, 0) is 66.3 Å². The first-order valence-electron chi connectivity index (χ1n) is 15.1. The molecule has 1 saturated heterocycles. The van der Waals surface area contributed by atoms with Gasteiger partial charge in [0.05, 0.1) is 17.0 Å². The fourth-order valence-corrected chi connectivity index (χ4v) is 6.36. The fourth-order valence-electron chi connectivity index (χ4n) is 6.36. The molecule has 3 aromatic carbocycles. The summed E-state index contributed by atoms with van der Waals surface area (Å²) in [6.07, 6.45) is 0.397. The topological polar surface area (TPSA) is 123 Å². The normalized spacial score (nSPS) is 19.7. The van der Waals surface area contributed by atoms with Gasteiger partial charge in [0, 0.05) is 25.7 Å². The van der Waals surface area contributed by atoms with Gasteiger partial charge in [0.2, 0.25) is 17.7 Å². The van der Waals surface area contributed by atoms with Crippen molar-refractivity contribution in [1.82, 2.24) is 15.1 Å². The number of hydrogen-bond acceptors (Lipinski definition) is 5. The first kappa shape index (κ1) is 32.3. The van der Waals surface area contributed by atoms with Gasteiger partial charge in [-0.2, -0.15) is 5.26 Å². The summed E-state index contributed by atoms with van der Waals surface area (Å²) in [4.78, 5) is 56.6. The molecular weight excluding hydrogens is 592 g/mol. The van der Waals surface area contributed by atoms with Crippen LogP contribution >= 0.6 is 0 Å². The number of nitrogens with one attached hydrogen (secondary N) is 2. The van der Waals surface area contributed by atoms with E-state index in [1.807, 2.05) is 26.0 Å². The Hall–Kier alpha value is -5.11. The molecule has 9 nitrogen and oxygen atoms in total. The molecular formula is C35H35F2N5O4. The number of halogens is 2. The Bertz CT molecular complexity index is 1740.